The normalized spacial score (nSPS) is 10.8. The Hall–Kier alpha value is -3.92. The number of ether oxygens (including phenoxy) is 2. The molecule has 3 aromatic carbocycles. The van der Waals surface area contributed by atoms with Gasteiger partial charge >= 0.3 is 11.9 Å². The van der Waals surface area contributed by atoms with Gasteiger partial charge in [-0.3, -0.25) is 0 Å². The second-order valence-electron chi connectivity index (χ2n) is 8.06. The van der Waals surface area contributed by atoms with Crippen molar-refractivity contribution in [1.29, 1.82) is 0 Å². The maximum atomic E-state index is 11.3. The summed E-state index contributed by atoms with van der Waals surface area (Å²) in [7, 11) is 0. The lowest BCUT2D eigenvalue weighted by Gasteiger charge is -2.26. The third kappa shape index (κ3) is 5.82. The molecule has 0 heterocycles. The Morgan fingerprint density at radius 1 is 0.719 bits per heavy atom. The summed E-state index contributed by atoms with van der Waals surface area (Å²) in [5, 5.41) is 0. The van der Waals surface area contributed by atoms with Crippen LogP contribution in [0, 0.1) is 0 Å². The summed E-state index contributed by atoms with van der Waals surface area (Å²) in [4.78, 5) is 22.6. The highest BCUT2D eigenvalue weighted by atomic mass is 16.5. The third-order valence-electron chi connectivity index (χ3n) is 5.19. The van der Waals surface area contributed by atoms with Crippen LogP contribution in [0.5, 0.6) is 11.5 Å². The molecule has 0 amide bonds. The Balaban J connectivity index is 1.68. The maximum absolute atomic E-state index is 11.3. The fourth-order valence-corrected chi connectivity index (χ4v) is 3.43. The predicted molar refractivity (Wildman–Crippen MR) is 127 cm³/mol. The Labute approximate surface area is 188 Å². The molecule has 0 aliphatic rings. The van der Waals surface area contributed by atoms with Gasteiger partial charge in [-0.05, 0) is 58.4 Å². The number of esters is 2. The summed E-state index contributed by atoms with van der Waals surface area (Å²) in [6.07, 6.45) is 3.14. The third-order valence-corrected chi connectivity index (χ3v) is 5.19. The van der Waals surface area contributed by atoms with Crippen molar-refractivity contribution in [1.82, 2.24) is 0 Å². The molecule has 0 atom stereocenters. The van der Waals surface area contributed by atoms with E-state index in [9.17, 15) is 9.59 Å². The standard InChI is InChI=1S/C28H26O4/c1-5-26(29)31-24-15-11-22(12-16-24)21-9-7-20(8-10-21)19-28(3,4)23-13-17-25(18-14-23)32-27(30)6-2/h5-18H,1-2,19H2,3-4H3. The molecule has 0 aliphatic heterocycles. The van der Waals surface area contributed by atoms with Crippen LogP contribution in [0.4, 0.5) is 0 Å². The molecular formula is C28H26O4. The first kappa shape index (κ1) is 22.8. The molecule has 0 spiro atoms. The molecule has 3 rings (SSSR count). The lowest BCUT2D eigenvalue weighted by molar-refractivity contribution is -0.129. The van der Waals surface area contributed by atoms with Crippen molar-refractivity contribution in [3.63, 3.8) is 0 Å². The minimum absolute atomic E-state index is 0.0980. The van der Waals surface area contributed by atoms with Gasteiger partial charge in [0.1, 0.15) is 11.5 Å². The average Bonchev–Trinajstić information content (AvgIpc) is 2.80. The van der Waals surface area contributed by atoms with Gasteiger partial charge in [0.25, 0.3) is 0 Å². The van der Waals surface area contributed by atoms with Crippen molar-refractivity contribution in [2.24, 2.45) is 0 Å². The smallest absolute Gasteiger partial charge is 0.335 e. The van der Waals surface area contributed by atoms with E-state index in [1.807, 2.05) is 24.3 Å². The van der Waals surface area contributed by atoms with Gasteiger partial charge in [0.05, 0.1) is 0 Å². The summed E-state index contributed by atoms with van der Waals surface area (Å²) in [5.41, 5.74) is 4.40. The zero-order chi connectivity index (χ0) is 23.1. The van der Waals surface area contributed by atoms with Crippen LogP contribution in [0.15, 0.2) is 98.1 Å². The Kier molecular flexibility index (Phi) is 7.06. The molecule has 0 bridgehead atoms. The van der Waals surface area contributed by atoms with E-state index in [2.05, 4.69) is 51.3 Å². The van der Waals surface area contributed by atoms with Crippen LogP contribution in [0.1, 0.15) is 25.0 Å². The van der Waals surface area contributed by atoms with Crippen molar-refractivity contribution in [2.45, 2.75) is 25.7 Å². The van der Waals surface area contributed by atoms with Crippen LogP contribution in [-0.2, 0) is 21.4 Å². The van der Waals surface area contributed by atoms with Crippen LogP contribution >= 0.6 is 0 Å². The van der Waals surface area contributed by atoms with Gasteiger partial charge in [-0.25, -0.2) is 9.59 Å². The molecule has 0 aliphatic carbocycles. The molecule has 4 heteroatoms. The van der Waals surface area contributed by atoms with Crippen molar-refractivity contribution in [2.75, 3.05) is 0 Å². The fourth-order valence-electron chi connectivity index (χ4n) is 3.43. The van der Waals surface area contributed by atoms with Gasteiger partial charge in [-0.2, -0.15) is 0 Å². The monoisotopic (exact) mass is 426 g/mol. The fraction of sp³-hybridized carbons (Fsp3) is 0.143. The van der Waals surface area contributed by atoms with Gasteiger partial charge in [-0.1, -0.05) is 75.5 Å². The first-order valence-corrected chi connectivity index (χ1v) is 10.3. The topological polar surface area (TPSA) is 52.6 Å². The van der Waals surface area contributed by atoms with Gasteiger partial charge in [-0.15, -0.1) is 0 Å². The van der Waals surface area contributed by atoms with Gasteiger partial charge < -0.3 is 9.47 Å². The lowest BCUT2D eigenvalue weighted by atomic mass is 9.79. The molecule has 0 aromatic heterocycles. The van der Waals surface area contributed by atoms with E-state index in [0.29, 0.717) is 11.5 Å². The highest BCUT2D eigenvalue weighted by molar-refractivity contribution is 5.83. The first-order valence-electron chi connectivity index (χ1n) is 10.3. The molecule has 0 radical (unpaired) electrons. The van der Waals surface area contributed by atoms with E-state index in [1.165, 1.54) is 5.56 Å². The van der Waals surface area contributed by atoms with Gasteiger partial charge in [0.15, 0.2) is 0 Å². The van der Waals surface area contributed by atoms with Crippen LogP contribution in [-0.4, -0.2) is 11.9 Å². The van der Waals surface area contributed by atoms with Gasteiger partial charge in [0.2, 0.25) is 0 Å². The van der Waals surface area contributed by atoms with Crippen LogP contribution in [0.3, 0.4) is 0 Å². The van der Waals surface area contributed by atoms with Crippen molar-refractivity contribution in [3.05, 3.63) is 109 Å². The Bertz CT molecular complexity index is 1110. The second-order valence-corrected chi connectivity index (χ2v) is 8.06. The minimum Gasteiger partial charge on any atom is -0.423 e. The van der Waals surface area contributed by atoms with Crippen molar-refractivity contribution < 1.29 is 19.1 Å². The van der Waals surface area contributed by atoms with E-state index in [-0.39, 0.29) is 5.41 Å². The summed E-state index contributed by atoms with van der Waals surface area (Å²) in [5.74, 6) is 0.0491. The summed E-state index contributed by atoms with van der Waals surface area (Å²) >= 11 is 0. The average molecular weight is 427 g/mol. The van der Waals surface area contributed by atoms with Crippen LogP contribution < -0.4 is 9.47 Å². The molecule has 0 unspecified atom stereocenters. The molecular weight excluding hydrogens is 400 g/mol. The van der Waals surface area contributed by atoms with Crippen LogP contribution in [0.2, 0.25) is 0 Å². The number of hydrogen-bond donors (Lipinski definition) is 0. The van der Waals surface area contributed by atoms with E-state index in [1.54, 1.807) is 24.3 Å². The molecule has 0 fully saturated rings. The SMILES string of the molecule is C=CC(=O)Oc1ccc(-c2ccc(CC(C)(C)c3ccc(OC(=O)C=C)cc3)cc2)cc1. The van der Waals surface area contributed by atoms with E-state index >= 15 is 0 Å². The van der Waals surface area contributed by atoms with Gasteiger partial charge in [0, 0.05) is 12.2 Å². The quantitative estimate of drug-likeness (QED) is 0.250. The van der Waals surface area contributed by atoms with Crippen LogP contribution in [0.25, 0.3) is 11.1 Å². The molecule has 0 N–H and O–H groups in total. The number of hydrogen-bond acceptors (Lipinski definition) is 4. The summed E-state index contributed by atoms with van der Waals surface area (Å²) in [6.45, 7) is 11.2. The summed E-state index contributed by atoms with van der Waals surface area (Å²) in [6, 6.07) is 23.4. The molecule has 3 aromatic rings. The van der Waals surface area contributed by atoms with Crippen molar-refractivity contribution >= 4 is 11.9 Å². The van der Waals surface area contributed by atoms with Crippen molar-refractivity contribution in [3.8, 4) is 22.6 Å². The Morgan fingerprint density at radius 3 is 1.56 bits per heavy atom. The minimum atomic E-state index is -0.475. The van der Waals surface area contributed by atoms with E-state index in [0.717, 1.165) is 35.3 Å². The number of benzene rings is 3. The summed E-state index contributed by atoms with van der Waals surface area (Å²) < 4.78 is 10.3. The largest absolute Gasteiger partial charge is 0.423 e. The second kappa shape index (κ2) is 9.92. The molecule has 32 heavy (non-hydrogen) atoms. The molecule has 162 valence electrons. The number of carbonyl (C=O) groups is 2. The number of carbonyl (C=O) groups excluding carboxylic acids is 2. The maximum Gasteiger partial charge on any atom is 0.335 e. The highest BCUT2D eigenvalue weighted by Crippen LogP contribution is 2.30. The lowest BCUT2D eigenvalue weighted by Crippen LogP contribution is -2.20. The molecule has 4 nitrogen and oxygen atoms in total. The zero-order valence-corrected chi connectivity index (χ0v) is 18.3. The number of rotatable bonds is 8. The highest BCUT2D eigenvalue weighted by Gasteiger charge is 2.21. The first-order chi connectivity index (χ1) is 15.3. The van der Waals surface area contributed by atoms with E-state index in [4.69, 9.17) is 9.47 Å². The predicted octanol–water partition coefficient (Wildman–Crippen LogP) is 6.06. The molecule has 0 saturated heterocycles. The molecule has 0 saturated carbocycles. The van der Waals surface area contributed by atoms with E-state index < -0.39 is 11.9 Å². The Morgan fingerprint density at radius 2 is 1.12 bits per heavy atom. The zero-order valence-electron chi connectivity index (χ0n) is 18.3.